The zero-order valence-electron chi connectivity index (χ0n) is 12.9. The second kappa shape index (κ2) is 7.61. The first kappa shape index (κ1) is 16.9. The summed E-state index contributed by atoms with van der Waals surface area (Å²) in [4.78, 5) is 36.1. The van der Waals surface area contributed by atoms with Gasteiger partial charge in [0.05, 0.1) is 19.3 Å². The molecule has 1 aromatic rings. The van der Waals surface area contributed by atoms with Crippen molar-refractivity contribution >= 4 is 11.9 Å². The van der Waals surface area contributed by atoms with E-state index in [2.05, 4.69) is 0 Å². The summed E-state index contributed by atoms with van der Waals surface area (Å²) in [6.07, 6.45) is 1.66. The van der Waals surface area contributed by atoms with Gasteiger partial charge in [0.2, 0.25) is 0 Å². The second-order valence-electron chi connectivity index (χ2n) is 4.58. The third kappa shape index (κ3) is 3.71. The summed E-state index contributed by atoms with van der Waals surface area (Å²) in [5, 5.41) is 0. The van der Waals surface area contributed by atoms with Crippen LogP contribution in [0.15, 0.2) is 10.9 Å². The molecule has 1 rings (SSSR count). The summed E-state index contributed by atoms with van der Waals surface area (Å²) in [5.41, 5.74) is 0.121. The lowest BCUT2D eigenvalue weighted by molar-refractivity contribution is 0.0523. The molecule has 0 amide bonds. The monoisotopic (exact) mass is 295 g/mol. The quantitative estimate of drug-likeness (QED) is 0.750. The third-order valence-corrected chi connectivity index (χ3v) is 3.19. The first-order valence-electron chi connectivity index (χ1n) is 6.97. The number of aromatic nitrogens is 1. The van der Waals surface area contributed by atoms with E-state index in [0.717, 1.165) is 12.8 Å². The van der Waals surface area contributed by atoms with Gasteiger partial charge in [-0.1, -0.05) is 13.3 Å². The average molecular weight is 295 g/mol. The highest BCUT2D eigenvalue weighted by molar-refractivity contribution is 5.95. The van der Waals surface area contributed by atoms with Gasteiger partial charge in [-0.05, 0) is 26.3 Å². The number of ether oxygens (including phenoxy) is 2. The van der Waals surface area contributed by atoms with Crippen LogP contribution in [-0.2, 0) is 16.0 Å². The molecule has 1 aromatic heterocycles. The standard InChI is InChI=1S/C15H21NO5/c1-5-7-8-16-10(3)11(14(18)20-4)9-12(13(16)17)15(19)21-6-2/h9H,5-8H2,1-4H3. The molecule has 1 heterocycles. The average Bonchev–Trinajstić information content (AvgIpc) is 2.46. The topological polar surface area (TPSA) is 74.6 Å². The van der Waals surface area contributed by atoms with Crippen LogP contribution in [-0.4, -0.2) is 30.2 Å². The predicted octanol–water partition coefficient (Wildman–Crippen LogP) is 1.92. The predicted molar refractivity (Wildman–Crippen MR) is 77.6 cm³/mol. The number of unbranched alkanes of at least 4 members (excludes halogenated alkanes) is 1. The number of carbonyl (C=O) groups excluding carboxylic acids is 2. The maximum absolute atomic E-state index is 12.4. The van der Waals surface area contributed by atoms with Crippen LogP contribution in [0.5, 0.6) is 0 Å². The van der Waals surface area contributed by atoms with Crippen LogP contribution in [0.1, 0.15) is 53.1 Å². The number of nitrogens with zero attached hydrogens (tertiary/aromatic N) is 1. The molecule has 0 atom stereocenters. The molecule has 0 unspecified atom stereocenters. The van der Waals surface area contributed by atoms with E-state index in [0.29, 0.717) is 12.2 Å². The molecule has 116 valence electrons. The maximum atomic E-state index is 12.4. The van der Waals surface area contributed by atoms with Gasteiger partial charge in [0.25, 0.3) is 5.56 Å². The molecular weight excluding hydrogens is 274 g/mol. The van der Waals surface area contributed by atoms with Crippen molar-refractivity contribution in [2.24, 2.45) is 0 Å². The van der Waals surface area contributed by atoms with Gasteiger partial charge < -0.3 is 14.0 Å². The molecule has 6 heteroatoms. The first-order chi connectivity index (χ1) is 9.97. The Morgan fingerprint density at radius 1 is 1.19 bits per heavy atom. The number of hydrogen-bond donors (Lipinski definition) is 0. The zero-order valence-corrected chi connectivity index (χ0v) is 12.9. The van der Waals surface area contributed by atoms with Crippen molar-refractivity contribution in [1.29, 1.82) is 0 Å². The van der Waals surface area contributed by atoms with E-state index in [-0.39, 0.29) is 17.7 Å². The first-order valence-corrected chi connectivity index (χ1v) is 6.97. The van der Waals surface area contributed by atoms with Crippen molar-refractivity contribution in [3.8, 4) is 0 Å². The fourth-order valence-electron chi connectivity index (χ4n) is 2.01. The van der Waals surface area contributed by atoms with E-state index in [1.807, 2.05) is 6.92 Å². The molecule has 0 saturated carbocycles. The van der Waals surface area contributed by atoms with Crippen LogP contribution in [0.3, 0.4) is 0 Å². The molecular formula is C15H21NO5. The summed E-state index contributed by atoms with van der Waals surface area (Å²) in [6, 6.07) is 1.25. The molecule has 0 aromatic carbocycles. The molecule has 0 fully saturated rings. The van der Waals surface area contributed by atoms with E-state index >= 15 is 0 Å². The van der Waals surface area contributed by atoms with Crippen molar-refractivity contribution in [1.82, 2.24) is 4.57 Å². The lowest BCUT2D eigenvalue weighted by Crippen LogP contribution is -2.31. The lowest BCUT2D eigenvalue weighted by Gasteiger charge is -2.14. The highest BCUT2D eigenvalue weighted by Crippen LogP contribution is 2.12. The van der Waals surface area contributed by atoms with Crippen LogP contribution in [0.25, 0.3) is 0 Å². The molecule has 0 aliphatic rings. The maximum Gasteiger partial charge on any atom is 0.343 e. The van der Waals surface area contributed by atoms with E-state index in [1.165, 1.54) is 17.7 Å². The summed E-state index contributed by atoms with van der Waals surface area (Å²) in [7, 11) is 1.26. The van der Waals surface area contributed by atoms with E-state index < -0.39 is 17.5 Å². The number of pyridine rings is 1. The van der Waals surface area contributed by atoms with Gasteiger partial charge in [-0.25, -0.2) is 9.59 Å². The zero-order chi connectivity index (χ0) is 16.0. The number of carbonyl (C=O) groups is 2. The highest BCUT2D eigenvalue weighted by atomic mass is 16.5. The van der Waals surface area contributed by atoms with Gasteiger partial charge in [0.15, 0.2) is 0 Å². The molecule has 0 radical (unpaired) electrons. The van der Waals surface area contributed by atoms with Crippen LogP contribution in [0, 0.1) is 6.92 Å². The van der Waals surface area contributed by atoms with Crippen molar-refractivity contribution in [3.05, 3.63) is 33.2 Å². The fourth-order valence-corrected chi connectivity index (χ4v) is 2.01. The molecule has 0 saturated heterocycles. The summed E-state index contributed by atoms with van der Waals surface area (Å²) in [6.45, 7) is 5.92. The molecule has 0 aliphatic carbocycles. The van der Waals surface area contributed by atoms with E-state index in [4.69, 9.17) is 9.47 Å². The van der Waals surface area contributed by atoms with Crippen molar-refractivity contribution in [2.75, 3.05) is 13.7 Å². The molecule has 0 N–H and O–H groups in total. The highest BCUT2D eigenvalue weighted by Gasteiger charge is 2.21. The van der Waals surface area contributed by atoms with Gasteiger partial charge in [0, 0.05) is 12.2 Å². The Kier molecular flexibility index (Phi) is 6.14. The summed E-state index contributed by atoms with van der Waals surface area (Å²) < 4.78 is 11.0. The van der Waals surface area contributed by atoms with Gasteiger partial charge >= 0.3 is 11.9 Å². The van der Waals surface area contributed by atoms with Gasteiger partial charge in [-0.15, -0.1) is 0 Å². The van der Waals surface area contributed by atoms with Crippen LogP contribution in [0.2, 0.25) is 0 Å². The van der Waals surface area contributed by atoms with Crippen LogP contribution >= 0.6 is 0 Å². The Hall–Kier alpha value is -2.11. The Balaban J connectivity index is 3.47. The SMILES string of the molecule is CCCCn1c(C)c(C(=O)OC)cc(C(=O)OCC)c1=O. The molecule has 0 bridgehead atoms. The van der Waals surface area contributed by atoms with Crippen LogP contribution < -0.4 is 5.56 Å². The Bertz CT molecular complexity index is 588. The molecule has 21 heavy (non-hydrogen) atoms. The normalized spacial score (nSPS) is 10.3. The van der Waals surface area contributed by atoms with Crippen LogP contribution in [0.4, 0.5) is 0 Å². The smallest absolute Gasteiger partial charge is 0.343 e. The minimum Gasteiger partial charge on any atom is -0.465 e. The summed E-state index contributed by atoms with van der Waals surface area (Å²) in [5.74, 6) is -1.30. The van der Waals surface area contributed by atoms with E-state index in [1.54, 1.807) is 13.8 Å². The van der Waals surface area contributed by atoms with Crippen molar-refractivity contribution < 1.29 is 19.1 Å². The minimum atomic E-state index is -0.724. The number of rotatable bonds is 6. The number of methoxy groups -OCH3 is 1. The number of esters is 2. The van der Waals surface area contributed by atoms with E-state index in [9.17, 15) is 14.4 Å². The van der Waals surface area contributed by atoms with Gasteiger partial charge in [0.1, 0.15) is 5.56 Å². The van der Waals surface area contributed by atoms with Crippen molar-refractivity contribution in [2.45, 2.75) is 40.2 Å². The lowest BCUT2D eigenvalue weighted by atomic mass is 10.1. The largest absolute Gasteiger partial charge is 0.465 e. The minimum absolute atomic E-state index is 0.140. The molecule has 6 nitrogen and oxygen atoms in total. The van der Waals surface area contributed by atoms with Gasteiger partial charge in [-0.3, -0.25) is 4.79 Å². The molecule has 0 spiro atoms. The second-order valence-corrected chi connectivity index (χ2v) is 4.58. The Morgan fingerprint density at radius 2 is 1.86 bits per heavy atom. The Labute approximate surface area is 123 Å². The van der Waals surface area contributed by atoms with Gasteiger partial charge in [-0.2, -0.15) is 0 Å². The third-order valence-electron chi connectivity index (χ3n) is 3.19. The molecule has 0 aliphatic heterocycles. The Morgan fingerprint density at radius 3 is 2.38 bits per heavy atom. The summed E-state index contributed by atoms with van der Waals surface area (Å²) >= 11 is 0. The fraction of sp³-hybridized carbons (Fsp3) is 0.533. The number of hydrogen-bond acceptors (Lipinski definition) is 5. The van der Waals surface area contributed by atoms with Crippen molar-refractivity contribution in [3.63, 3.8) is 0 Å².